The normalized spacial score (nSPS) is 12.3. The molecule has 1 atom stereocenters. The monoisotopic (exact) mass is 501 g/mol. The predicted octanol–water partition coefficient (Wildman–Crippen LogP) is 3.69. The van der Waals surface area contributed by atoms with Crippen molar-refractivity contribution in [2.45, 2.75) is 53.5 Å². The van der Waals surface area contributed by atoms with E-state index >= 15 is 0 Å². The number of amides is 2. The van der Waals surface area contributed by atoms with Crippen molar-refractivity contribution in [1.82, 2.24) is 10.2 Å². The Labute approximate surface area is 210 Å². The van der Waals surface area contributed by atoms with Gasteiger partial charge in [-0.2, -0.15) is 0 Å². The molecule has 0 saturated heterocycles. The number of carbonyl (C=O) groups is 2. The fourth-order valence-electron chi connectivity index (χ4n) is 4.00. The van der Waals surface area contributed by atoms with Gasteiger partial charge in [0, 0.05) is 13.1 Å². The van der Waals surface area contributed by atoms with Crippen molar-refractivity contribution in [3.05, 3.63) is 65.2 Å². The molecule has 192 valence electrons. The smallest absolute Gasteiger partial charge is 0.244 e. The molecular weight excluding hydrogens is 462 g/mol. The molecule has 0 aromatic heterocycles. The summed E-state index contributed by atoms with van der Waals surface area (Å²) >= 11 is 0. The van der Waals surface area contributed by atoms with Gasteiger partial charge in [0.1, 0.15) is 12.6 Å². The van der Waals surface area contributed by atoms with E-state index < -0.39 is 22.0 Å². The molecule has 8 heteroatoms. The maximum absolute atomic E-state index is 13.7. The minimum Gasteiger partial charge on any atom is -0.354 e. The zero-order valence-corrected chi connectivity index (χ0v) is 22.6. The molecule has 0 radical (unpaired) electrons. The zero-order chi connectivity index (χ0) is 26.2. The second-order valence-electron chi connectivity index (χ2n) is 9.45. The van der Waals surface area contributed by atoms with Crippen LogP contribution in [0.4, 0.5) is 5.69 Å². The van der Waals surface area contributed by atoms with Gasteiger partial charge in [-0.15, -0.1) is 0 Å². The van der Waals surface area contributed by atoms with E-state index in [1.54, 1.807) is 6.07 Å². The van der Waals surface area contributed by atoms with Crippen LogP contribution in [0.25, 0.3) is 0 Å². The Balaban J connectivity index is 2.37. The van der Waals surface area contributed by atoms with Gasteiger partial charge in [0.2, 0.25) is 21.8 Å². The molecular formula is C27H39N3O4S. The Kier molecular flexibility index (Phi) is 10.3. The molecule has 0 aliphatic heterocycles. The topological polar surface area (TPSA) is 86.8 Å². The molecule has 0 heterocycles. The van der Waals surface area contributed by atoms with Crippen molar-refractivity contribution in [1.29, 1.82) is 0 Å². The average molecular weight is 502 g/mol. The molecule has 2 rings (SSSR count). The maximum Gasteiger partial charge on any atom is 0.244 e. The molecule has 0 aliphatic rings. The number of sulfonamides is 1. The zero-order valence-electron chi connectivity index (χ0n) is 21.7. The first-order valence-corrected chi connectivity index (χ1v) is 13.9. The highest BCUT2D eigenvalue weighted by atomic mass is 32.2. The number of anilines is 1. The van der Waals surface area contributed by atoms with Gasteiger partial charge >= 0.3 is 0 Å². The summed E-state index contributed by atoms with van der Waals surface area (Å²) in [6.07, 6.45) is 2.08. The fraction of sp³-hybridized carbons (Fsp3) is 0.481. The third-order valence-electron chi connectivity index (χ3n) is 5.85. The quantitative estimate of drug-likeness (QED) is 0.481. The summed E-state index contributed by atoms with van der Waals surface area (Å²) in [7, 11) is -3.74. The van der Waals surface area contributed by atoms with E-state index in [-0.39, 0.29) is 18.4 Å². The lowest BCUT2D eigenvalue weighted by Crippen LogP contribution is -2.53. The Morgan fingerprint density at radius 3 is 2.23 bits per heavy atom. The van der Waals surface area contributed by atoms with E-state index in [0.717, 1.165) is 27.3 Å². The van der Waals surface area contributed by atoms with Gasteiger partial charge in [-0.25, -0.2) is 8.42 Å². The molecule has 1 N–H and O–H groups in total. The number of hydrogen-bond donors (Lipinski definition) is 1. The summed E-state index contributed by atoms with van der Waals surface area (Å²) in [5, 5.41) is 2.93. The standard InChI is InChI=1S/C27H39N3O4S/c1-7-24(27(32)28-18-20(2)3)29(16-15-23-11-9-8-10-12-23)26(31)19-30(35(6,33)34)25-14-13-21(4)17-22(25)5/h8-14,17,20,24H,7,15-16,18-19H2,1-6H3,(H,28,32)/t24-/m1/s1. The summed E-state index contributed by atoms with van der Waals surface area (Å²) in [6, 6.07) is 14.5. The summed E-state index contributed by atoms with van der Waals surface area (Å²) < 4.78 is 26.6. The summed E-state index contributed by atoms with van der Waals surface area (Å²) in [4.78, 5) is 28.2. The number of rotatable bonds is 12. The van der Waals surface area contributed by atoms with Gasteiger partial charge in [0.05, 0.1) is 11.9 Å². The van der Waals surface area contributed by atoms with Crippen LogP contribution in [0.1, 0.15) is 43.9 Å². The molecule has 2 amide bonds. The Bertz CT molecular complexity index is 1100. The van der Waals surface area contributed by atoms with E-state index in [0.29, 0.717) is 31.6 Å². The molecule has 7 nitrogen and oxygen atoms in total. The van der Waals surface area contributed by atoms with Crippen molar-refractivity contribution in [2.24, 2.45) is 5.92 Å². The van der Waals surface area contributed by atoms with Gasteiger partial charge in [-0.05, 0) is 49.8 Å². The first kappa shape index (κ1) is 28.4. The fourth-order valence-corrected chi connectivity index (χ4v) is 4.91. The van der Waals surface area contributed by atoms with E-state index in [1.165, 1.54) is 4.90 Å². The van der Waals surface area contributed by atoms with Crippen LogP contribution < -0.4 is 9.62 Å². The number of nitrogens with one attached hydrogen (secondary N) is 1. The molecule has 0 fully saturated rings. The predicted molar refractivity (Wildman–Crippen MR) is 142 cm³/mol. The third-order valence-corrected chi connectivity index (χ3v) is 6.98. The van der Waals surface area contributed by atoms with Crippen LogP contribution in [-0.4, -0.2) is 57.1 Å². The number of carbonyl (C=O) groups excluding carboxylic acids is 2. The van der Waals surface area contributed by atoms with E-state index in [1.807, 2.05) is 77.1 Å². The number of hydrogen-bond acceptors (Lipinski definition) is 4. The van der Waals surface area contributed by atoms with Gasteiger partial charge in [-0.3, -0.25) is 13.9 Å². The average Bonchev–Trinajstić information content (AvgIpc) is 2.79. The summed E-state index contributed by atoms with van der Waals surface area (Å²) in [6.45, 7) is 10.1. The molecule has 0 aliphatic carbocycles. The number of aryl methyl sites for hydroxylation is 2. The maximum atomic E-state index is 13.7. The van der Waals surface area contributed by atoms with Crippen LogP contribution in [0.3, 0.4) is 0 Å². The van der Waals surface area contributed by atoms with Crippen LogP contribution in [0, 0.1) is 19.8 Å². The van der Waals surface area contributed by atoms with Crippen molar-refractivity contribution in [3.8, 4) is 0 Å². The highest BCUT2D eigenvalue weighted by molar-refractivity contribution is 7.92. The van der Waals surface area contributed by atoms with Crippen molar-refractivity contribution in [2.75, 3.05) is 30.2 Å². The van der Waals surface area contributed by atoms with Crippen LogP contribution in [0.15, 0.2) is 48.5 Å². The second kappa shape index (κ2) is 12.7. The minimum atomic E-state index is -3.74. The van der Waals surface area contributed by atoms with Gasteiger partial charge in [0.25, 0.3) is 0 Å². The van der Waals surface area contributed by atoms with Crippen LogP contribution in [-0.2, 0) is 26.0 Å². The molecule has 2 aromatic carbocycles. The molecule has 0 unspecified atom stereocenters. The van der Waals surface area contributed by atoms with Crippen molar-refractivity contribution < 1.29 is 18.0 Å². The SMILES string of the molecule is CC[C@H](C(=O)NCC(C)C)N(CCc1ccccc1)C(=O)CN(c1ccc(C)cc1C)S(C)(=O)=O. The van der Waals surface area contributed by atoms with Gasteiger partial charge in [0.15, 0.2) is 0 Å². The third kappa shape index (κ3) is 8.38. The number of nitrogens with zero attached hydrogens (tertiary/aromatic N) is 2. The van der Waals surface area contributed by atoms with E-state index in [4.69, 9.17) is 0 Å². The van der Waals surface area contributed by atoms with Crippen LogP contribution in [0.5, 0.6) is 0 Å². The van der Waals surface area contributed by atoms with Crippen LogP contribution in [0.2, 0.25) is 0 Å². The van der Waals surface area contributed by atoms with E-state index in [9.17, 15) is 18.0 Å². The van der Waals surface area contributed by atoms with Crippen LogP contribution >= 0.6 is 0 Å². The molecule has 0 spiro atoms. The number of benzene rings is 2. The largest absolute Gasteiger partial charge is 0.354 e. The van der Waals surface area contributed by atoms with Gasteiger partial charge in [-0.1, -0.05) is 68.8 Å². The van der Waals surface area contributed by atoms with Crippen molar-refractivity contribution in [3.63, 3.8) is 0 Å². The Hall–Kier alpha value is -2.87. The molecule has 35 heavy (non-hydrogen) atoms. The van der Waals surface area contributed by atoms with E-state index in [2.05, 4.69) is 5.32 Å². The minimum absolute atomic E-state index is 0.222. The second-order valence-corrected chi connectivity index (χ2v) is 11.4. The lowest BCUT2D eigenvalue weighted by molar-refractivity contribution is -0.139. The Morgan fingerprint density at radius 1 is 1.03 bits per heavy atom. The lowest BCUT2D eigenvalue weighted by atomic mass is 10.1. The molecule has 0 saturated carbocycles. The Morgan fingerprint density at radius 2 is 1.69 bits per heavy atom. The lowest BCUT2D eigenvalue weighted by Gasteiger charge is -2.33. The van der Waals surface area contributed by atoms with Gasteiger partial charge < -0.3 is 10.2 Å². The first-order chi connectivity index (χ1) is 16.4. The van der Waals surface area contributed by atoms with Crippen molar-refractivity contribution >= 4 is 27.5 Å². The highest BCUT2D eigenvalue weighted by Gasteiger charge is 2.31. The highest BCUT2D eigenvalue weighted by Crippen LogP contribution is 2.24. The molecule has 0 bridgehead atoms. The summed E-state index contributed by atoms with van der Waals surface area (Å²) in [5.74, 6) is -0.354. The molecule has 2 aromatic rings. The first-order valence-electron chi connectivity index (χ1n) is 12.1. The summed E-state index contributed by atoms with van der Waals surface area (Å²) in [5.41, 5.74) is 3.27.